The maximum atomic E-state index is 12.6. The van der Waals surface area contributed by atoms with Crippen molar-refractivity contribution in [1.82, 2.24) is 0 Å². The Kier molecular flexibility index (Phi) is 5.11. The second kappa shape index (κ2) is 6.50. The standard InChI is InChI=1S/C10H13O.C9H13.Fe/c1-10(2,3)9(11)8-6-4-5-7-8;1-8(2)7-9-5-3-4-6-9;/h4,6H,5H2,1-3H3;3,5,8H,4,7H2,1-2H3;. The first-order valence-corrected chi connectivity index (χ1v) is 8.85. The molecule has 21 heavy (non-hydrogen) atoms. The molecular formula is C19H26FeO. The van der Waals surface area contributed by atoms with Gasteiger partial charge in [-0.2, -0.15) is 0 Å². The van der Waals surface area contributed by atoms with E-state index in [4.69, 9.17) is 0 Å². The number of rotatable bonds is 5. The van der Waals surface area contributed by atoms with Crippen molar-refractivity contribution in [2.45, 2.75) is 53.9 Å². The first-order chi connectivity index (χ1) is 9.79. The van der Waals surface area contributed by atoms with E-state index in [1.54, 1.807) is 0 Å². The average molecular weight is 326 g/mol. The molecule has 0 aromatic heterocycles. The van der Waals surface area contributed by atoms with Crippen LogP contribution in [0, 0.1) is 11.3 Å². The van der Waals surface area contributed by atoms with Crippen molar-refractivity contribution in [1.29, 1.82) is 0 Å². The van der Waals surface area contributed by atoms with Gasteiger partial charge in [-0.15, -0.1) is 0 Å². The normalized spacial score (nSPS) is 18.8. The molecule has 1 nitrogen and oxygen atoms in total. The van der Waals surface area contributed by atoms with E-state index in [2.05, 4.69) is 32.1 Å². The number of ketones is 1. The fourth-order valence-corrected chi connectivity index (χ4v) is 4.15. The van der Waals surface area contributed by atoms with Crippen LogP contribution in [-0.4, -0.2) is 5.78 Å². The number of carbonyl (C=O) groups is 1. The molecule has 0 saturated carbocycles. The fourth-order valence-electron chi connectivity index (χ4n) is 2.52. The first-order valence-electron chi connectivity index (χ1n) is 7.74. The molecule has 2 rings (SSSR count). The summed E-state index contributed by atoms with van der Waals surface area (Å²) < 4.78 is 2.83. The average Bonchev–Trinajstić information content (AvgIpc) is 2.97. The molecule has 0 spiro atoms. The van der Waals surface area contributed by atoms with Crippen molar-refractivity contribution < 1.29 is 19.8 Å². The number of allylic oxidation sites excluding steroid dienone is 8. The van der Waals surface area contributed by atoms with Gasteiger partial charge in [0, 0.05) is 0 Å². The van der Waals surface area contributed by atoms with Crippen molar-refractivity contribution in [2.75, 3.05) is 0 Å². The molecule has 2 aliphatic rings. The Labute approximate surface area is 135 Å². The molecule has 0 fully saturated rings. The van der Waals surface area contributed by atoms with E-state index in [1.165, 1.54) is 14.5 Å². The van der Waals surface area contributed by atoms with Crippen molar-refractivity contribution in [3.63, 3.8) is 0 Å². The topological polar surface area (TPSA) is 17.1 Å². The summed E-state index contributed by atoms with van der Waals surface area (Å²) in [6.45, 7) is 10.6. The van der Waals surface area contributed by atoms with Gasteiger partial charge in [0.2, 0.25) is 0 Å². The van der Waals surface area contributed by atoms with Gasteiger partial charge in [0.1, 0.15) is 0 Å². The molecule has 0 saturated heterocycles. The zero-order chi connectivity index (χ0) is 15.6. The molecule has 2 heteroatoms. The summed E-state index contributed by atoms with van der Waals surface area (Å²) in [5, 5.41) is 0. The Bertz CT molecular complexity index is 551. The van der Waals surface area contributed by atoms with Gasteiger partial charge in [-0.25, -0.2) is 0 Å². The predicted molar refractivity (Wildman–Crippen MR) is 85.5 cm³/mol. The van der Waals surface area contributed by atoms with Gasteiger partial charge in [0.25, 0.3) is 0 Å². The molecular weight excluding hydrogens is 300 g/mol. The molecule has 0 amide bonds. The quantitative estimate of drug-likeness (QED) is 0.638. The first kappa shape index (κ1) is 16.5. The summed E-state index contributed by atoms with van der Waals surface area (Å²) in [6.07, 6.45) is 11.9. The maximum absolute atomic E-state index is 12.6. The Morgan fingerprint density at radius 3 is 2.38 bits per heavy atom. The molecule has 0 aromatic carbocycles. The second-order valence-electron chi connectivity index (χ2n) is 7.20. The molecule has 0 radical (unpaired) electrons. The number of Topliss-reactive ketones (excluding diaryl/α,β-unsaturated/α-hetero) is 1. The van der Waals surface area contributed by atoms with Crippen molar-refractivity contribution >= 4 is 5.78 Å². The molecule has 0 aromatic rings. The summed E-state index contributed by atoms with van der Waals surface area (Å²) >= 11 is 0.971. The van der Waals surface area contributed by atoms with Crippen LogP contribution in [0.5, 0.6) is 0 Å². The third-order valence-corrected chi connectivity index (χ3v) is 5.35. The van der Waals surface area contributed by atoms with Crippen molar-refractivity contribution in [3.8, 4) is 0 Å². The van der Waals surface area contributed by atoms with Gasteiger partial charge in [0.15, 0.2) is 0 Å². The monoisotopic (exact) mass is 326 g/mol. The second-order valence-corrected chi connectivity index (χ2v) is 8.81. The summed E-state index contributed by atoms with van der Waals surface area (Å²) in [5.41, 5.74) is 2.16. The molecule has 2 aliphatic carbocycles. The molecule has 0 heterocycles. The van der Waals surface area contributed by atoms with Crippen LogP contribution in [0.15, 0.2) is 44.4 Å². The Morgan fingerprint density at radius 2 is 1.76 bits per heavy atom. The number of hydrogen-bond donors (Lipinski definition) is 0. The molecule has 0 unspecified atom stereocenters. The molecule has 0 N–H and O–H groups in total. The molecule has 0 bridgehead atoms. The van der Waals surface area contributed by atoms with E-state index >= 15 is 0 Å². The van der Waals surface area contributed by atoms with E-state index in [9.17, 15) is 4.79 Å². The third-order valence-electron chi connectivity index (χ3n) is 3.58. The van der Waals surface area contributed by atoms with Crippen LogP contribution in [0.3, 0.4) is 0 Å². The summed E-state index contributed by atoms with van der Waals surface area (Å²) in [6, 6.07) is 0. The Balaban J connectivity index is 2.20. The van der Waals surface area contributed by atoms with Crippen LogP contribution >= 0.6 is 0 Å². The third kappa shape index (κ3) is 4.08. The summed E-state index contributed by atoms with van der Waals surface area (Å²) in [5.74, 6) is 0.965. The van der Waals surface area contributed by atoms with Gasteiger partial charge in [-0.1, -0.05) is 0 Å². The minimum atomic E-state index is -0.293. The molecule has 0 atom stereocenters. The predicted octanol–water partition coefficient (Wildman–Crippen LogP) is 5.16. The zero-order valence-corrected chi connectivity index (χ0v) is 14.9. The van der Waals surface area contributed by atoms with Crippen LogP contribution in [0.4, 0.5) is 0 Å². The Hall–Kier alpha value is -0.851. The van der Waals surface area contributed by atoms with E-state index in [1.807, 2.05) is 26.8 Å². The van der Waals surface area contributed by atoms with Crippen LogP contribution in [0.2, 0.25) is 0 Å². The van der Waals surface area contributed by atoms with Crippen LogP contribution < -0.4 is 0 Å². The summed E-state index contributed by atoms with van der Waals surface area (Å²) in [4.78, 5) is 12.6. The van der Waals surface area contributed by atoms with Gasteiger partial charge >= 0.3 is 135 Å². The van der Waals surface area contributed by atoms with Gasteiger partial charge in [0.05, 0.1) is 0 Å². The Morgan fingerprint density at radius 1 is 1.14 bits per heavy atom. The number of carbonyl (C=O) groups excluding carboxylic acids is 1. The van der Waals surface area contributed by atoms with E-state index in [0.29, 0.717) is 5.92 Å². The van der Waals surface area contributed by atoms with E-state index < -0.39 is 0 Å². The molecule has 116 valence electrons. The zero-order valence-electron chi connectivity index (χ0n) is 13.8. The van der Waals surface area contributed by atoms with Crippen LogP contribution in [0.25, 0.3) is 0 Å². The summed E-state index contributed by atoms with van der Waals surface area (Å²) in [7, 11) is 0. The van der Waals surface area contributed by atoms with E-state index in [-0.39, 0.29) is 11.2 Å². The fraction of sp³-hybridized carbons (Fsp3) is 0.526. The van der Waals surface area contributed by atoms with Crippen LogP contribution in [0.1, 0.15) is 53.9 Å². The van der Waals surface area contributed by atoms with Gasteiger partial charge < -0.3 is 0 Å². The minimum absolute atomic E-state index is 0.281. The van der Waals surface area contributed by atoms with Crippen molar-refractivity contribution in [2.24, 2.45) is 11.3 Å². The molecule has 0 aliphatic heterocycles. The van der Waals surface area contributed by atoms with Gasteiger partial charge in [-0.3, -0.25) is 0 Å². The van der Waals surface area contributed by atoms with Crippen LogP contribution in [-0.2, 0) is 19.8 Å². The van der Waals surface area contributed by atoms with E-state index in [0.717, 1.165) is 39.8 Å². The van der Waals surface area contributed by atoms with Gasteiger partial charge in [-0.05, 0) is 0 Å². The SMILES string of the molecule is CC(C)CC1=[C]([Fe][C]2=C(C(=O)C(C)(C)C)C=CC2)CC=C1. The number of hydrogen-bond acceptors (Lipinski definition) is 1. The van der Waals surface area contributed by atoms with Crippen molar-refractivity contribution in [3.05, 3.63) is 44.4 Å².